The molecule has 0 aliphatic carbocycles. The van der Waals surface area contributed by atoms with Crippen molar-refractivity contribution in [3.05, 3.63) is 35.9 Å². The van der Waals surface area contributed by atoms with Crippen molar-refractivity contribution in [1.29, 1.82) is 0 Å². The first kappa shape index (κ1) is 17.7. The van der Waals surface area contributed by atoms with E-state index in [9.17, 15) is 4.79 Å². The molecule has 0 bridgehead atoms. The van der Waals surface area contributed by atoms with Crippen LogP contribution in [0.4, 0.5) is 4.79 Å². The highest BCUT2D eigenvalue weighted by Crippen LogP contribution is 2.07. The van der Waals surface area contributed by atoms with Gasteiger partial charge in [0, 0.05) is 13.1 Å². The van der Waals surface area contributed by atoms with Gasteiger partial charge in [-0.15, -0.1) is 12.4 Å². The van der Waals surface area contributed by atoms with Crippen molar-refractivity contribution in [3.8, 4) is 0 Å². The molecule has 0 aliphatic heterocycles. The third kappa shape index (κ3) is 7.70. The molecule has 19 heavy (non-hydrogen) atoms. The Kier molecular flexibility index (Phi) is 9.94. The van der Waals surface area contributed by atoms with Gasteiger partial charge in [0.15, 0.2) is 0 Å². The number of halogens is 1. The number of carboxylic acid groups (broad SMARTS) is 1. The average molecular weight is 287 g/mol. The van der Waals surface area contributed by atoms with Crippen LogP contribution in [0, 0.1) is 0 Å². The van der Waals surface area contributed by atoms with E-state index >= 15 is 0 Å². The fraction of sp³-hybridized carbons (Fsp3) is 0.500. The lowest BCUT2D eigenvalue weighted by Crippen LogP contribution is -2.29. The minimum Gasteiger partial charge on any atom is -0.465 e. The maximum Gasteiger partial charge on any atom is 0.407 e. The van der Waals surface area contributed by atoms with Crippen molar-refractivity contribution in [1.82, 2.24) is 4.90 Å². The Labute approximate surface area is 121 Å². The molecule has 0 spiro atoms. The highest BCUT2D eigenvalue weighted by Gasteiger charge is 2.11. The third-order valence-electron chi connectivity index (χ3n) is 2.87. The van der Waals surface area contributed by atoms with E-state index in [2.05, 4.69) is 0 Å². The van der Waals surface area contributed by atoms with Crippen LogP contribution in [-0.4, -0.2) is 29.2 Å². The largest absolute Gasteiger partial charge is 0.465 e. The van der Waals surface area contributed by atoms with Gasteiger partial charge < -0.3 is 15.7 Å². The highest BCUT2D eigenvalue weighted by atomic mass is 35.5. The van der Waals surface area contributed by atoms with Gasteiger partial charge in [0.1, 0.15) is 0 Å². The summed E-state index contributed by atoms with van der Waals surface area (Å²) in [5, 5.41) is 9.14. The number of nitrogens with two attached hydrogens (primary N) is 1. The van der Waals surface area contributed by atoms with E-state index in [0.717, 1.165) is 31.2 Å². The Hall–Kier alpha value is -1.26. The van der Waals surface area contributed by atoms with Crippen LogP contribution in [0.5, 0.6) is 0 Å². The first-order chi connectivity index (χ1) is 8.74. The Morgan fingerprint density at radius 3 is 2.32 bits per heavy atom. The van der Waals surface area contributed by atoms with E-state index in [1.54, 1.807) is 0 Å². The van der Waals surface area contributed by atoms with Crippen molar-refractivity contribution in [2.45, 2.75) is 32.2 Å². The van der Waals surface area contributed by atoms with Crippen LogP contribution in [0.1, 0.15) is 31.2 Å². The number of benzene rings is 1. The molecule has 1 aromatic carbocycles. The Morgan fingerprint density at radius 1 is 1.11 bits per heavy atom. The van der Waals surface area contributed by atoms with E-state index in [1.807, 2.05) is 30.3 Å². The molecule has 3 N–H and O–H groups in total. The molecule has 4 nitrogen and oxygen atoms in total. The molecule has 0 unspecified atom stereocenters. The molecule has 1 rings (SSSR count). The number of carbonyl (C=O) groups is 1. The van der Waals surface area contributed by atoms with Crippen LogP contribution in [0.25, 0.3) is 0 Å². The monoisotopic (exact) mass is 286 g/mol. The molecule has 0 saturated carbocycles. The molecule has 0 aliphatic rings. The molecular weight excluding hydrogens is 264 g/mol. The van der Waals surface area contributed by atoms with E-state index in [-0.39, 0.29) is 12.4 Å². The SMILES string of the molecule is Cl.NCCCCCCN(Cc1ccccc1)C(=O)O. The Bertz CT molecular complexity index is 347. The molecule has 1 aromatic rings. The standard InChI is InChI=1S/C14H22N2O2.ClH/c15-10-6-1-2-7-11-16(14(17)18)12-13-8-4-3-5-9-13;/h3-5,8-9H,1-2,6-7,10-12,15H2,(H,17,18);1H. The van der Waals surface area contributed by atoms with Crippen molar-refractivity contribution < 1.29 is 9.90 Å². The minimum atomic E-state index is -0.849. The zero-order chi connectivity index (χ0) is 13.2. The zero-order valence-corrected chi connectivity index (χ0v) is 11.9. The van der Waals surface area contributed by atoms with Crippen molar-refractivity contribution in [2.24, 2.45) is 5.73 Å². The Balaban J connectivity index is 0.00000324. The molecule has 0 heterocycles. The van der Waals surface area contributed by atoms with Crippen LogP contribution in [-0.2, 0) is 6.54 Å². The fourth-order valence-electron chi connectivity index (χ4n) is 1.85. The quantitative estimate of drug-likeness (QED) is 0.722. The van der Waals surface area contributed by atoms with E-state index in [1.165, 1.54) is 4.90 Å². The summed E-state index contributed by atoms with van der Waals surface area (Å²) in [7, 11) is 0. The normalized spacial score (nSPS) is 9.74. The number of unbranched alkanes of at least 4 members (excludes halogenated alkanes) is 3. The first-order valence-electron chi connectivity index (χ1n) is 6.46. The number of amides is 1. The molecular formula is C14H23ClN2O2. The van der Waals surface area contributed by atoms with Crippen LogP contribution in [0.2, 0.25) is 0 Å². The summed E-state index contributed by atoms with van der Waals surface area (Å²) in [6.07, 6.45) is 3.19. The molecule has 0 atom stereocenters. The maximum absolute atomic E-state index is 11.1. The van der Waals surface area contributed by atoms with E-state index in [4.69, 9.17) is 10.8 Å². The molecule has 1 amide bonds. The van der Waals surface area contributed by atoms with Crippen molar-refractivity contribution in [2.75, 3.05) is 13.1 Å². The van der Waals surface area contributed by atoms with Gasteiger partial charge in [-0.2, -0.15) is 0 Å². The summed E-state index contributed by atoms with van der Waals surface area (Å²) in [5.41, 5.74) is 6.45. The summed E-state index contributed by atoms with van der Waals surface area (Å²) in [6, 6.07) is 9.68. The van der Waals surface area contributed by atoms with Gasteiger partial charge >= 0.3 is 6.09 Å². The maximum atomic E-state index is 11.1. The van der Waals surface area contributed by atoms with Crippen molar-refractivity contribution in [3.63, 3.8) is 0 Å². The van der Waals surface area contributed by atoms with E-state index in [0.29, 0.717) is 19.6 Å². The lowest BCUT2D eigenvalue weighted by atomic mass is 10.1. The zero-order valence-electron chi connectivity index (χ0n) is 11.1. The van der Waals surface area contributed by atoms with Gasteiger partial charge in [-0.3, -0.25) is 0 Å². The van der Waals surface area contributed by atoms with Gasteiger partial charge in [-0.1, -0.05) is 43.2 Å². The lowest BCUT2D eigenvalue weighted by Gasteiger charge is -2.19. The minimum absolute atomic E-state index is 0. The lowest BCUT2D eigenvalue weighted by molar-refractivity contribution is 0.141. The number of hydrogen-bond donors (Lipinski definition) is 2. The summed E-state index contributed by atoms with van der Waals surface area (Å²) in [4.78, 5) is 12.6. The summed E-state index contributed by atoms with van der Waals surface area (Å²) in [6.45, 7) is 1.77. The third-order valence-corrected chi connectivity index (χ3v) is 2.87. The number of nitrogens with zero attached hydrogens (tertiary/aromatic N) is 1. The van der Waals surface area contributed by atoms with Crippen LogP contribution in [0.15, 0.2) is 30.3 Å². The summed E-state index contributed by atoms with van der Waals surface area (Å²) < 4.78 is 0. The predicted octanol–water partition coefficient (Wildman–Crippen LogP) is 3.11. The highest BCUT2D eigenvalue weighted by molar-refractivity contribution is 5.85. The molecule has 0 radical (unpaired) electrons. The molecule has 0 fully saturated rings. The van der Waals surface area contributed by atoms with Gasteiger partial charge in [0.25, 0.3) is 0 Å². The molecule has 0 aromatic heterocycles. The van der Waals surface area contributed by atoms with Gasteiger partial charge in [0.2, 0.25) is 0 Å². The first-order valence-corrected chi connectivity index (χ1v) is 6.46. The van der Waals surface area contributed by atoms with Crippen molar-refractivity contribution >= 4 is 18.5 Å². The van der Waals surface area contributed by atoms with Gasteiger partial charge in [-0.05, 0) is 24.9 Å². The summed E-state index contributed by atoms with van der Waals surface area (Å²) in [5.74, 6) is 0. The second-order valence-corrected chi connectivity index (χ2v) is 4.39. The van der Waals surface area contributed by atoms with Crippen LogP contribution < -0.4 is 5.73 Å². The number of rotatable bonds is 8. The molecule has 108 valence electrons. The number of hydrogen-bond acceptors (Lipinski definition) is 2. The second-order valence-electron chi connectivity index (χ2n) is 4.39. The Morgan fingerprint density at radius 2 is 1.74 bits per heavy atom. The van der Waals surface area contributed by atoms with Crippen LogP contribution in [0.3, 0.4) is 0 Å². The molecule has 5 heteroatoms. The topological polar surface area (TPSA) is 66.6 Å². The second kappa shape index (κ2) is 10.6. The summed E-state index contributed by atoms with van der Waals surface area (Å²) >= 11 is 0. The fourth-order valence-corrected chi connectivity index (χ4v) is 1.85. The molecule has 0 saturated heterocycles. The van der Waals surface area contributed by atoms with Gasteiger partial charge in [-0.25, -0.2) is 4.79 Å². The van der Waals surface area contributed by atoms with Gasteiger partial charge in [0.05, 0.1) is 0 Å². The van der Waals surface area contributed by atoms with Crippen LogP contribution >= 0.6 is 12.4 Å². The predicted molar refractivity (Wildman–Crippen MR) is 79.6 cm³/mol. The average Bonchev–Trinajstić information content (AvgIpc) is 2.38. The smallest absolute Gasteiger partial charge is 0.407 e. The van der Waals surface area contributed by atoms with E-state index < -0.39 is 6.09 Å².